The Hall–Kier alpha value is -8.06. The maximum Gasteiger partial charge on any atom is 0.246 e. The number of carbonyl (C=O) groups is 9. The number of likely N-dealkylation sites (N-methyl/N-ethyl adjacent to an activating group) is 2. The summed E-state index contributed by atoms with van der Waals surface area (Å²) < 4.78 is 43.9. The molecular weight excluding hydrogens is 1240 g/mol. The van der Waals surface area contributed by atoms with Crippen LogP contribution in [-0.2, 0) is 95.6 Å². The highest BCUT2D eigenvalue weighted by Gasteiger charge is 2.44. The molecule has 0 aliphatic carbocycles. The monoisotopic (exact) mass is 1350 g/mol. The Morgan fingerprint density at radius 1 is 0.646 bits per heavy atom. The highest BCUT2D eigenvalue weighted by Crippen LogP contribution is 2.24. The fourth-order valence-corrected chi connectivity index (χ4v) is 9.47. The summed E-state index contributed by atoms with van der Waals surface area (Å²) in [7, 11) is 3.11. The van der Waals surface area contributed by atoms with Crippen molar-refractivity contribution in [3.63, 3.8) is 0 Å². The maximum absolute atomic E-state index is 14.5. The minimum Gasteiger partial charge on any atom is -0.492 e. The Morgan fingerprint density at radius 2 is 1.26 bits per heavy atom. The van der Waals surface area contributed by atoms with Gasteiger partial charge in [-0.3, -0.25) is 43.3 Å². The van der Waals surface area contributed by atoms with Crippen LogP contribution < -0.4 is 58.7 Å². The standard InChI is InChI=1S/C54H79N7O15.C8H11N.C6H13N3O2/c1-41(64)56-20-25-71-27-29-73-31-33-75-35-34-74-32-30-72-28-26-69-21-15-50(65)57-19-5-4-8-46(39-62)59-53(68)54(16-22-70-23-17-54)61-52(67)49(38-43-9-12-44-6-2-3-7-45(44)36-43)60-51(66)48(58-40-63)37-42-10-13-47(14-11-42)76-24-18-55;1-2-4-8-5-3-6-9-7-8;1-8-4(3-5(7)10)6(11)9-2/h2-3,6-7,9-14,36,39-40,46,48-49H,4-5,8,15-35,37-38,55H2,1H3,(H,56,64)(H,57,65)(H,58,63)(H,59,68)(H,60,66)(H,61,67);3,5-7H,2,4H2,1H3;4,8H,3H2,1-2H3,(H2,7,10)(H,9,11)/t46-,48-,49?;;/m0../s1. The zero-order valence-corrected chi connectivity index (χ0v) is 56.2. The second-order valence-corrected chi connectivity index (χ2v) is 22.2. The van der Waals surface area contributed by atoms with E-state index >= 15 is 0 Å². The molecule has 12 N–H and O–H groups in total. The van der Waals surface area contributed by atoms with Crippen LogP contribution in [0, 0.1) is 0 Å². The molecule has 0 bridgehead atoms. The number of aryl methyl sites for hydroxylation is 1. The fraction of sp³-hybridized carbons (Fsp3) is 0.559. The molecule has 1 aliphatic heterocycles. The van der Waals surface area contributed by atoms with Crippen molar-refractivity contribution in [2.75, 3.05) is 133 Å². The number of nitrogens with one attached hydrogen (secondary N) is 8. The molecule has 4 aromatic rings. The molecule has 28 nitrogen and oxygen atoms in total. The molecule has 3 aromatic carbocycles. The van der Waals surface area contributed by atoms with Crippen molar-refractivity contribution in [1.29, 1.82) is 0 Å². The summed E-state index contributed by atoms with van der Waals surface area (Å²) >= 11 is 0. The van der Waals surface area contributed by atoms with E-state index in [1.165, 1.54) is 26.0 Å². The van der Waals surface area contributed by atoms with E-state index in [1.54, 1.807) is 37.5 Å². The number of rotatable bonds is 48. The second-order valence-electron chi connectivity index (χ2n) is 22.2. The summed E-state index contributed by atoms with van der Waals surface area (Å²) in [4.78, 5) is 115. The summed E-state index contributed by atoms with van der Waals surface area (Å²) in [6.45, 7) is 10.2. The molecule has 1 aliphatic rings. The number of amides is 8. The van der Waals surface area contributed by atoms with Crippen molar-refractivity contribution < 1.29 is 81.0 Å². The van der Waals surface area contributed by atoms with E-state index in [4.69, 9.17) is 49.4 Å². The smallest absolute Gasteiger partial charge is 0.246 e. The number of aldehydes is 1. The van der Waals surface area contributed by atoms with E-state index in [0.29, 0.717) is 137 Å². The number of carbonyl (C=O) groups excluding carboxylic acids is 9. The van der Waals surface area contributed by atoms with Gasteiger partial charge in [-0.05, 0) is 78.4 Å². The number of nitrogens with two attached hydrogens (primary N) is 2. The van der Waals surface area contributed by atoms with Crippen LogP contribution in [0.5, 0.6) is 5.75 Å². The Bertz CT molecular complexity index is 2850. The van der Waals surface area contributed by atoms with Gasteiger partial charge in [0, 0.05) is 91.3 Å². The summed E-state index contributed by atoms with van der Waals surface area (Å²) in [6, 6.07) is 21.0. The molecule has 5 rings (SSSR count). The number of fused-ring (bicyclic) bond motifs is 1. The first kappa shape index (κ1) is 82.2. The molecule has 28 heteroatoms. The first-order valence-electron chi connectivity index (χ1n) is 32.7. The molecule has 0 saturated carbocycles. The van der Waals surface area contributed by atoms with Crippen LogP contribution in [0.25, 0.3) is 10.8 Å². The van der Waals surface area contributed by atoms with Gasteiger partial charge in [-0.2, -0.15) is 0 Å². The third-order valence-electron chi connectivity index (χ3n) is 14.6. The third kappa shape index (κ3) is 36.2. The lowest BCUT2D eigenvalue weighted by atomic mass is 9.87. The van der Waals surface area contributed by atoms with Gasteiger partial charge in [0.25, 0.3) is 0 Å². The van der Waals surface area contributed by atoms with Gasteiger partial charge in [0.05, 0.1) is 97.8 Å². The van der Waals surface area contributed by atoms with Crippen molar-refractivity contribution in [1.82, 2.24) is 47.5 Å². The molecule has 1 saturated heterocycles. The summed E-state index contributed by atoms with van der Waals surface area (Å²) in [5, 5.41) is 23.7. The Kier molecular flexibility index (Phi) is 43.9. The Morgan fingerprint density at radius 3 is 1.82 bits per heavy atom. The van der Waals surface area contributed by atoms with E-state index < -0.39 is 53.3 Å². The lowest BCUT2D eigenvalue weighted by Gasteiger charge is -2.38. The molecule has 8 amide bonds. The van der Waals surface area contributed by atoms with E-state index in [1.807, 2.05) is 54.7 Å². The lowest BCUT2D eigenvalue weighted by Crippen LogP contribution is -2.65. The average Bonchev–Trinajstić information content (AvgIpc) is 0.832. The van der Waals surface area contributed by atoms with Gasteiger partial charge in [0.2, 0.25) is 47.8 Å². The normalized spacial score (nSPS) is 13.5. The van der Waals surface area contributed by atoms with Crippen LogP contribution in [-0.4, -0.2) is 222 Å². The molecule has 2 unspecified atom stereocenters. The zero-order chi connectivity index (χ0) is 69.9. The third-order valence-corrected chi connectivity index (χ3v) is 14.6. The van der Waals surface area contributed by atoms with Gasteiger partial charge >= 0.3 is 0 Å². The number of nitrogens with zero attached hydrogens (tertiary/aromatic N) is 1. The Labute approximate surface area is 563 Å². The van der Waals surface area contributed by atoms with Gasteiger partial charge in [-0.1, -0.05) is 74.0 Å². The van der Waals surface area contributed by atoms with Crippen molar-refractivity contribution in [3.05, 3.63) is 108 Å². The number of hydrogen-bond donors (Lipinski definition) is 10. The van der Waals surface area contributed by atoms with Crippen LogP contribution in [0.15, 0.2) is 91.3 Å². The highest BCUT2D eigenvalue weighted by atomic mass is 16.6. The number of hydrogen-bond acceptors (Lipinski definition) is 20. The van der Waals surface area contributed by atoms with Gasteiger partial charge in [-0.25, -0.2) is 0 Å². The van der Waals surface area contributed by atoms with Gasteiger partial charge in [-0.15, -0.1) is 0 Å². The van der Waals surface area contributed by atoms with Crippen molar-refractivity contribution in [2.45, 2.75) is 114 Å². The van der Waals surface area contributed by atoms with E-state index in [-0.39, 0.29) is 76.1 Å². The zero-order valence-electron chi connectivity index (χ0n) is 56.2. The first-order chi connectivity index (χ1) is 46.6. The van der Waals surface area contributed by atoms with Crippen molar-refractivity contribution in [2.24, 2.45) is 11.5 Å². The van der Waals surface area contributed by atoms with E-state index in [0.717, 1.165) is 28.3 Å². The van der Waals surface area contributed by atoms with Crippen LogP contribution in [0.4, 0.5) is 0 Å². The molecule has 532 valence electrons. The van der Waals surface area contributed by atoms with E-state index in [9.17, 15) is 43.2 Å². The quantitative estimate of drug-likeness (QED) is 0.0218. The molecule has 4 atom stereocenters. The van der Waals surface area contributed by atoms with Gasteiger partial charge in [0.1, 0.15) is 36.3 Å². The summed E-state index contributed by atoms with van der Waals surface area (Å²) in [5.41, 5.74) is 11.8. The topological polar surface area (TPSA) is 389 Å². The van der Waals surface area contributed by atoms with E-state index in [2.05, 4.69) is 60.5 Å². The minimum absolute atomic E-state index is 0.0240. The van der Waals surface area contributed by atoms with Crippen LogP contribution in [0.2, 0.25) is 0 Å². The summed E-state index contributed by atoms with van der Waals surface area (Å²) in [6.07, 6.45) is 9.09. The maximum atomic E-state index is 14.5. The predicted octanol–water partition coefficient (Wildman–Crippen LogP) is 1.05. The van der Waals surface area contributed by atoms with Crippen LogP contribution in [0.1, 0.15) is 81.9 Å². The number of benzene rings is 3. The molecular formula is C68H103N11O17. The largest absolute Gasteiger partial charge is 0.492 e. The molecule has 1 aromatic heterocycles. The average molecular weight is 1350 g/mol. The van der Waals surface area contributed by atoms with Gasteiger partial charge < -0.3 is 96.7 Å². The minimum atomic E-state index is -1.46. The van der Waals surface area contributed by atoms with Crippen molar-refractivity contribution in [3.8, 4) is 5.75 Å². The lowest BCUT2D eigenvalue weighted by molar-refractivity contribution is -0.140. The molecule has 0 radical (unpaired) electrons. The predicted molar refractivity (Wildman–Crippen MR) is 360 cm³/mol. The van der Waals surface area contributed by atoms with Crippen LogP contribution >= 0.6 is 0 Å². The number of pyridine rings is 1. The molecule has 0 spiro atoms. The first-order valence-corrected chi connectivity index (χ1v) is 32.7. The summed E-state index contributed by atoms with van der Waals surface area (Å²) in [5.74, 6) is -2.19. The SMILES string of the molecule is CC(=O)NCCOCCOCCOCCOCCOCCOCCC(=O)NCCCC[C@@H](C=O)NC(=O)C1(NC(=O)C(Cc2ccc3ccccc3c2)NC(=O)[C@H](Cc2ccc(OCCN)cc2)NC=O)CCOCC1.CCCc1cccnc1.CNC(=O)C(CC(N)=O)NC. The number of aromatic nitrogens is 1. The number of ether oxygens (including phenoxy) is 8. The number of primary amides is 1. The second kappa shape index (κ2) is 51.2. The van der Waals surface area contributed by atoms with Crippen LogP contribution in [0.3, 0.4) is 0 Å². The Balaban J connectivity index is 0.00000102. The molecule has 96 heavy (non-hydrogen) atoms. The number of unbranched alkanes of at least 4 members (excludes halogenated alkanes) is 1. The fourth-order valence-electron chi connectivity index (χ4n) is 9.47. The van der Waals surface area contributed by atoms with Gasteiger partial charge in [0.15, 0.2) is 0 Å². The molecule has 2 heterocycles. The van der Waals surface area contributed by atoms with Crippen molar-refractivity contribution >= 4 is 64.8 Å². The highest BCUT2D eigenvalue weighted by molar-refractivity contribution is 5.96. The molecule has 1 fully saturated rings.